The second-order valence-corrected chi connectivity index (χ2v) is 8.94. The molecule has 1 aliphatic rings. The summed E-state index contributed by atoms with van der Waals surface area (Å²) in [6, 6.07) is 18.0. The first kappa shape index (κ1) is 23.1. The van der Waals surface area contributed by atoms with Crippen molar-refractivity contribution in [3.05, 3.63) is 66.2 Å². The Morgan fingerprint density at radius 2 is 1.52 bits per heavy atom. The molecule has 0 heterocycles. The Hall–Kier alpha value is -2.53. The van der Waals surface area contributed by atoms with Crippen LogP contribution in [-0.2, 0) is 0 Å². The summed E-state index contributed by atoms with van der Waals surface area (Å²) >= 11 is 0. The van der Waals surface area contributed by atoms with Gasteiger partial charge in [-0.2, -0.15) is 5.26 Å². The normalized spacial score (nSPS) is 18.7. The fourth-order valence-electron chi connectivity index (χ4n) is 4.58. The summed E-state index contributed by atoms with van der Waals surface area (Å²) in [6.45, 7) is 2.92. The van der Waals surface area contributed by atoms with Crippen molar-refractivity contribution in [1.29, 1.82) is 5.26 Å². The standard InChI is InChI=1S/C29H37NO/c1-2-3-4-5-6-8-24-10-12-25(13-11-24)9-7-22-31-29-20-18-28(19-21-29)27-16-14-26(23-30)15-17-27/h7,9,14-21,24-25H,2-6,8,10-13,22H2,1H3/b9-7+. The zero-order valence-electron chi connectivity index (χ0n) is 19.1. The van der Waals surface area contributed by atoms with Crippen molar-refractivity contribution in [3.8, 4) is 22.9 Å². The van der Waals surface area contributed by atoms with Crippen LogP contribution in [0.1, 0.15) is 76.7 Å². The fraction of sp³-hybridized carbons (Fsp3) is 0.483. The van der Waals surface area contributed by atoms with E-state index in [1.165, 1.54) is 64.2 Å². The minimum atomic E-state index is 0.633. The van der Waals surface area contributed by atoms with Gasteiger partial charge in [0.05, 0.1) is 11.6 Å². The Labute approximate surface area is 189 Å². The van der Waals surface area contributed by atoms with Gasteiger partial charge in [-0.1, -0.05) is 81.9 Å². The number of nitriles is 1. The molecule has 0 saturated heterocycles. The molecule has 2 nitrogen and oxygen atoms in total. The molecule has 0 N–H and O–H groups in total. The van der Waals surface area contributed by atoms with Crippen LogP contribution in [0, 0.1) is 23.2 Å². The van der Waals surface area contributed by atoms with Crippen molar-refractivity contribution in [2.75, 3.05) is 6.61 Å². The van der Waals surface area contributed by atoms with E-state index in [0.29, 0.717) is 12.2 Å². The van der Waals surface area contributed by atoms with Crippen LogP contribution in [0.5, 0.6) is 5.75 Å². The molecule has 0 radical (unpaired) electrons. The number of nitrogens with zero attached hydrogens (tertiary/aromatic N) is 1. The van der Waals surface area contributed by atoms with E-state index < -0.39 is 0 Å². The Balaban J connectivity index is 1.33. The van der Waals surface area contributed by atoms with Crippen LogP contribution in [0.15, 0.2) is 60.7 Å². The molecule has 31 heavy (non-hydrogen) atoms. The van der Waals surface area contributed by atoms with Gasteiger partial charge in [-0.25, -0.2) is 0 Å². The number of benzene rings is 2. The zero-order chi connectivity index (χ0) is 21.7. The highest BCUT2D eigenvalue weighted by atomic mass is 16.5. The Bertz CT molecular complexity index is 821. The maximum atomic E-state index is 8.92. The summed E-state index contributed by atoms with van der Waals surface area (Å²) in [4.78, 5) is 0. The third kappa shape index (κ3) is 7.91. The molecule has 2 aromatic carbocycles. The van der Waals surface area contributed by atoms with Crippen LogP contribution in [0.4, 0.5) is 0 Å². The molecule has 0 aromatic heterocycles. The van der Waals surface area contributed by atoms with Gasteiger partial charge in [0, 0.05) is 0 Å². The van der Waals surface area contributed by atoms with Gasteiger partial charge in [0.25, 0.3) is 0 Å². The molecule has 3 rings (SSSR count). The lowest BCUT2D eigenvalue weighted by Gasteiger charge is -2.26. The van der Waals surface area contributed by atoms with Crippen molar-refractivity contribution >= 4 is 0 Å². The van der Waals surface area contributed by atoms with Gasteiger partial charge in [-0.15, -0.1) is 0 Å². The van der Waals surface area contributed by atoms with Crippen molar-refractivity contribution < 1.29 is 4.74 Å². The average Bonchev–Trinajstić information content (AvgIpc) is 2.83. The van der Waals surface area contributed by atoms with Crippen LogP contribution >= 0.6 is 0 Å². The minimum absolute atomic E-state index is 0.633. The van der Waals surface area contributed by atoms with Crippen molar-refractivity contribution in [1.82, 2.24) is 0 Å². The first-order chi connectivity index (χ1) is 15.3. The van der Waals surface area contributed by atoms with E-state index in [-0.39, 0.29) is 0 Å². The molecule has 0 unspecified atom stereocenters. The van der Waals surface area contributed by atoms with Crippen LogP contribution in [0.25, 0.3) is 11.1 Å². The Morgan fingerprint density at radius 1 is 0.871 bits per heavy atom. The number of rotatable bonds is 11. The minimum Gasteiger partial charge on any atom is -0.490 e. The zero-order valence-corrected chi connectivity index (χ0v) is 19.1. The second kappa shape index (κ2) is 13.0. The third-order valence-corrected chi connectivity index (χ3v) is 6.56. The lowest BCUT2D eigenvalue weighted by Crippen LogP contribution is -2.13. The summed E-state index contributed by atoms with van der Waals surface area (Å²) in [6.07, 6.45) is 18.5. The molecule has 0 bridgehead atoms. The van der Waals surface area contributed by atoms with E-state index >= 15 is 0 Å². The quantitative estimate of drug-likeness (QED) is 0.273. The highest BCUT2D eigenvalue weighted by Crippen LogP contribution is 2.32. The molecule has 2 aromatic rings. The monoisotopic (exact) mass is 415 g/mol. The van der Waals surface area contributed by atoms with Gasteiger partial charge < -0.3 is 4.74 Å². The predicted molar refractivity (Wildman–Crippen MR) is 130 cm³/mol. The van der Waals surface area contributed by atoms with Crippen molar-refractivity contribution in [3.63, 3.8) is 0 Å². The lowest BCUT2D eigenvalue weighted by molar-refractivity contribution is 0.287. The van der Waals surface area contributed by atoms with Gasteiger partial charge >= 0.3 is 0 Å². The summed E-state index contributed by atoms with van der Waals surface area (Å²) < 4.78 is 5.90. The largest absolute Gasteiger partial charge is 0.490 e. The summed E-state index contributed by atoms with van der Waals surface area (Å²) in [5.41, 5.74) is 2.93. The molecule has 164 valence electrons. The van der Waals surface area contributed by atoms with Crippen LogP contribution in [0.2, 0.25) is 0 Å². The molecule has 0 aliphatic heterocycles. The van der Waals surface area contributed by atoms with Crippen molar-refractivity contribution in [2.24, 2.45) is 11.8 Å². The summed E-state index contributed by atoms with van der Waals surface area (Å²) in [5.74, 6) is 2.60. The lowest BCUT2D eigenvalue weighted by atomic mass is 9.79. The highest BCUT2D eigenvalue weighted by Gasteiger charge is 2.18. The van der Waals surface area contributed by atoms with Crippen molar-refractivity contribution in [2.45, 2.75) is 71.1 Å². The molecular formula is C29H37NO. The molecule has 0 atom stereocenters. The maximum Gasteiger partial charge on any atom is 0.119 e. The topological polar surface area (TPSA) is 33.0 Å². The van der Waals surface area contributed by atoms with Gasteiger partial charge in [-0.3, -0.25) is 0 Å². The highest BCUT2D eigenvalue weighted by molar-refractivity contribution is 5.64. The smallest absolute Gasteiger partial charge is 0.119 e. The summed E-state index contributed by atoms with van der Waals surface area (Å²) in [7, 11) is 0. The van der Waals surface area contributed by atoms with E-state index in [1.54, 1.807) is 0 Å². The Morgan fingerprint density at radius 3 is 2.16 bits per heavy atom. The third-order valence-electron chi connectivity index (χ3n) is 6.56. The van der Waals surface area contributed by atoms with Gasteiger partial charge in [0.15, 0.2) is 0 Å². The number of ether oxygens (including phenoxy) is 1. The van der Waals surface area contributed by atoms with Gasteiger partial charge in [0.1, 0.15) is 12.4 Å². The molecular weight excluding hydrogens is 378 g/mol. The van der Waals surface area contributed by atoms with Crippen LogP contribution in [0.3, 0.4) is 0 Å². The van der Waals surface area contributed by atoms with E-state index in [9.17, 15) is 0 Å². The van der Waals surface area contributed by atoms with E-state index in [0.717, 1.165) is 28.7 Å². The number of allylic oxidation sites excluding steroid dienone is 1. The van der Waals surface area contributed by atoms with E-state index in [2.05, 4.69) is 37.3 Å². The van der Waals surface area contributed by atoms with E-state index in [1.807, 2.05) is 36.4 Å². The number of unbranched alkanes of at least 4 members (excludes halogenated alkanes) is 4. The Kier molecular flexibility index (Phi) is 9.71. The van der Waals surface area contributed by atoms with E-state index in [4.69, 9.17) is 10.00 Å². The number of hydrogen-bond donors (Lipinski definition) is 0. The van der Waals surface area contributed by atoms with Gasteiger partial charge in [-0.05, 0) is 72.9 Å². The SMILES string of the molecule is CCCCCCCC1CCC(/C=C/COc2ccc(-c3ccc(C#N)cc3)cc2)CC1. The molecule has 1 saturated carbocycles. The first-order valence-corrected chi connectivity index (χ1v) is 12.2. The average molecular weight is 416 g/mol. The molecule has 1 aliphatic carbocycles. The second-order valence-electron chi connectivity index (χ2n) is 8.94. The van der Waals surface area contributed by atoms with Crippen LogP contribution in [-0.4, -0.2) is 6.61 Å². The predicted octanol–water partition coefficient (Wildman–Crippen LogP) is 8.33. The number of hydrogen-bond acceptors (Lipinski definition) is 2. The molecule has 0 amide bonds. The molecule has 2 heteroatoms. The fourth-order valence-corrected chi connectivity index (χ4v) is 4.58. The van der Waals surface area contributed by atoms with Gasteiger partial charge in [0.2, 0.25) is 0 Å². The molecule has 0 spiro atoms. The first-order valence-electron chi connectivity index (χ1n) is 12.2. The summed E-state index contributed by atoms with van der Waals surface area (Å²) in [5, 5.41) is 8.92. The van der Waals surface area contributed by atoms with Crippen LogP contribution < -0.4 is 4.74 Å². The maximum absolute atomic E-state index is 8.92. The molecule has 1 fully saturated rings.